The van der Waals surface area contributed by atoms with Crippen molar-refractivity contribution in [3.05, 3.63) is 102 Å². The van der Waals surface area contributed by atoms with Gasteiger partial charge in [0.05, 0.1) is 34.3 Å². The van der Waals surface area contributed by atoms with Gasteiger partial charge in [0.15, 0.2) is 12.6 Å². The highest BCUT2D eigenvalue weighted by molar-refractivity contribution is 9.09. The molecule has 0 unspecified atom stereocenters. The van der Waals surface area contributed by atoms with Gasteiger partial charge in [-0.15, -0.1) is 12.4 Å². The molecule has 270 valence electrons. The van der Waals surface area contributed by atoms with Gasteiger partial charge >= 0.3 is 0 Å². The third-order valence-corrected chi connectivity index (χ3v) is 8.02. The zero-order chi connectivity index (χ0) is 35.0. The molecule has 11 nitrogen and oxygen atoms in total. The Hall–Kier alpha value is -3.78. The first kappa shape index (κ1) is 40.6. The van der Waals surface area contributed by atoms with Crippen LogP contribution in [0.4, 0.5) is 11.6 Å². The first-order valence-electron chi connectivity index (χ1n) is 16.7. The van der Waals surface area contributed by atoms with Gasteiger partial charge < -0.3 is 39.5 Å². The summed E-state index contributed by atoms with van der Waals surface area (Å²) in [6, 6.07) is 24.3. The number of benzene rings is 3. The van der Waals surface area contributed by atoms with Crippen LogP contribution in [0.25, 0.3) is 16.7 Å². The Labute approximate surface area is 309 Å². The molecule has 13 heteroatoms. The van der Waals surface area contributed by atoms with Crippen molar-refractivity contribution in [1.29, 1.82) is 0 Å². The summed E-state index contributed by atoms with van der Waals surface area (Å²) < 4.78 is 25.5. The summed E-state index contributed by atoms with van der Waals surface area (Å²) in [5.41, 5.74) is 18.3. The number of nitrogens with zero attached hydrogens (tertiary/aromatic N) is 5. The predicted molar refractivity (Wildman–Crippen MR) is 207 cm³/mol. The van der Waals surface area contributed by atoms with Crippen LogP contribution in [0, 0.1) is 0 Å². The molecule has 0 amide bonds. The highest BCUT2D eigenvalue weighted by Gasteiger charge is 2.17. The number of nitrogen functional groups attached to an aromatic ring is 1. The maximum atomic E-state index is 5.93. The molecular formula is C37H49BrClN7O4. The average Bonchev–Trinajstić information content (AvgIpc) is 3.88. The second-order valence-corrected chi connectivity index (χ2v) is 11.5. The maximum Gasteiger partial charge on any atom is 0.201 e. The number of rotatable bonds is 11. The van der Waals surface area contributed by atoms with Gasteiger partial charge in [-0.3, -0.25) is 0 Å². The van der Waals surface area contributed by atoms with Crippen molar-refractivity contribution in [3.8, 4) is 5.69 Å². The Kier molecular flexibility index (Phi) is 17.4. The Morgan fingerprint density at radius 2 is 1.36 bits per heavy atom. The van der Waals surface area contributed by atoms with Gasteiger partial charge in [0.1, 0.15) is 11.7 Å². The van der Waals surface area contributed by atoms with Crippen LogP contribution < -0.4 is 11.5 Å². The molecule has 0 fully saturated rings. The molecule has 0 atom stereocenters. The van der Waals surface area contributed by atoms with E-state index in [1.165, 1.54) is 16.8 Å². The number of aromatic nitrogens is 4. The molecule has 0 saturated carbocycles. The molecule has 2 aliphatic rings. The van der Waals surface area contributed by atoms with Crippen molar-refractivity contribution >= 4 is 56.8 Å². The SMILES string of the molecule is CCOC(CBr)OCC.CCOC(Cn1c(N)nc2ccccc21)OCC.Cl.NC1=Nc2ccccc2C1.c1ccc2c(c1)Cc1nccn1-2. The molecule has 0 saturated heterocycles. The highest BCUT2D eigenvalue weighted by Crippen LogP contribution is 2.26. The predicted octanol–water partition coefficient (Wildman–Crippen LogP) is 7.23. The first-order chi connectivity index (χ1) is 23.9. The van der Waals surface area contributed by atoms with Gasteiger partial charge in [0.2, 0.25) is 5.95 Å². The lowest BCUT2D eigenvalue weighted by atomic mass is 10.1. The highest BCUT2D eigenvalue weighted by atomic mass is 79.9. The van der Waals surface area contributed by atoms with E-state index in [0.29, 0.717) is 38.9 Å². The van der Waals surface area contributed by atoms with Crippen LogP contribution in [0.1, 0.15) is 44.6 Å². The van der Waals surface area contributed by atoms with E-state index in [0.717, 1.165) is 46.6 Å². The van der Waals surface area contributed by atoms with Crippen LogP contribution in [0.5, 0.6) is 0 Å². The zero-order valence-electron chi connectivity index (χ0n) is 29.2. The molecule has 2 aromatic heterocycles. The molecule has 3 aromatic carbocycles. The lowest BCUT2D eigenvalue weighted by Crippen LogP contribution is -2.24. The Balaban J connectivity index is 0.000000186. The number of para-hydroxylation sites is 4. The number of hydrogen-bond acceptors (Lipinski definition) is 9. The normalized spacial score (nSPS) is 12.0. The maximum absolute atomic E-state index is 5.93. The van der Waals surface area contributed by atoms with Crippen molar-refractivity contribution in [2.45, 2.75) is 59.7 Å². The summed E-state index contributed by atoms with van der Waals surface area (Å²) in [5.74, 6) is 2.36. The molecule has 0 spiro atoms. The van der Waals surface area contributed by atoms with Gasteiger partial charge in [0, 0.05) is 51.7 Å². The molecule has 0 bridgehead atoms. The minimum atomic E-state index is -0.292. The van der Waals surface area contributed by atoms with E-state index in [1.54, 1.807) is 0 Å². The van der Waals surface area contributed by atoms with Crippen LogP contribution in [-0.4, -0.2) is 69.3 Å². The summed E-state index contributed by atoms with van der Waals surface area (Å²) in [4.78, 5) is 12.7. The number of halogens is 2. The molecule has 5 aromatic rings. The Morgan fingerprint density at radius 1 is 0.760 bits per heavy atom. The number of anilines is 1. The topological polar surface area (TPSA) is 137 Å². The third kappa shape index (κ3) is 11.4. The second-order valence-electron chi connectivity index (χ2n) is 10.8. The van der Waals surface area contributed by atoms with Crippen LogP contribution in [-0.2, 0) is 38.3 Å². The summed E-state index contributed by atoms with van der Waals surface area (Å²) in [6.45, 7) is 11.0. The van der Waals surface area contributed by atoms with Crippen molar-refractivity contribution in [2.24, 2.45) is 10.7 Å². The van der Waals surface area contributed by atoms with E-state index in [9.17, 15) is 0 Å². The van der Waals surface area contributed by atoms with Crippen LogP contribution in [0.3, 0.4) is 0 Å². The zero-order valence-corrected chi connectivity index (χ0v) is 31.6. The van der Waals surface area contributed by atoms with E-state index in [1.807, 2.05) is 87.1 Å². The van der Waals surface area contributed by atoms with Gasteiger partial charge in [-0.1, -0.05) is 64.5 Å². The van der Waals surface area contributed by atoms with E-state index in [2.05, 4.69) is 65.8 Å². The third-order valence-electron chi connectivity index (χ3n) is 7.50. The average molecular weight is 771 g/mol. The van der Waals surface area contributed by atoms with Crippen molar-refractivity contribution < 1.29 is 18.9 Å². The van der Waals surface area contributed by atoms with Gasteiger partial charge in [-0.25, -0.2) is 15.0 Å². The van der Waals surface area contributed by atoms with E-state index in [-0.39, 0.29) is 25.0 Å². The number of alkyl halides is 1. The molecular weight excluding hydrogens is 722 g/mol. The monoisotopic (exact) mass is 769 g/mol. The molecule has 50 heavy (non-hydrogen) atoms. The fourth-order valence-corrected chi connectivity index (χ4v) is 5.75. The van der Waals surface area contributed by atoms with Crippen molar-refractivity contribution in [3.63, 3.8) is 0 Å². The number of amidine groups is 1. The molecule has 0 radical (unpaired) electrons. The van der Waals surface area contributed by atoms with Gasteiger partial charge in [0.25, 0.3) is 0 Å². The van der Waals surface area contributed by atoms with Crippen molar-refractivity contribution in [2.75, 3.05) is 37.5 Å². The van der Waals surface area contributed by atoms with Gasteiger partial charge in [-0.05, 0) is 63.1 Å². The molecule has 4 N–H and O–H groups in total. The van der Waals surface area contributed by atoms with E-state index < -0.39 is 0 Å². The lowest BCUT2D eigenvalue weighted by Gasteiger charge is -2.18. The number of hydrogen-bond donors (Lipinski definition) is 2. The fourth-order valence-electron chi connectivity index (χ4n) is 5.38. The van der Waals surface area contributed by atoms with Crippen LogP contribution >= 0.6 is 28.3 Å². The van der Waals surface area contributed by atoms with Crippen LogP contribution in [0.2, 0.25) is 0 Å². The van der Waals surface area contributed by atoms with Crippen LogP contribution in [0.15, 0.2) is 90.2 Å². The summed E-state index contributed by atoms with van der Waals surface area (Å²) in [7, 11) is 0. The van der Waals surface area contributed by atoms with E-state index in [4.69, 9.17) is 30.4 Å². The second kappa shape index (κ2) is 21.4. The Bertz CT molecular complexity index is 1750. The Morgan fingerprint density at radius 3 is 2.02 bits per heavy atom. The minimum Gasteiger partial charge on any atom is -0.387 e. The van der Waals surface area contributed by atoms with Gasteiger partial charge in [-0.2, -0.15) is 0 Å². The standard InChI is InChI=1S/C13H19N3O2.C10H8N2.C8H8N2.C6H13BrO2.ClH/c1-3-17-12(18-4-2)9-16-11-8-6-5-7-10(11)15-13(16)14;1-2-4-9-8(3-1)7-10-11-5-6-12(9)10;9-8-5-6-3-1-2-4-7(6)10-8;1-3-8-6(5-7)9-4-2;/h5-8,12H,3-4,9H2,1-2H3,(H2,14,15);1-6H,7H2;1-4H,5H2,(H2,9,10);6H,3-5H2,1-2H3;1H. The van der Waals surface area contributed by atoms with Crippen molar-refractivity contribution in [1.82, 2.24) is 19.1 Å². The smallest absolute Gasteiger partial charge is 0.201 e. The first-order valence-corrected chi connectivity index (χ1v) is 17.8. The quantitative estimate of drug-likeness (QED) is 0.104. The molecule has 2 aliphatic heterocycles. The summed E-state index contributed by atoms with van der Waals surface area (Å²) in [6.07, 6.45) is 5.30. The molecule has 4 heterocycles. The summed E-state index contributed by atoms with van der Waals surface area (Å²) in [5, 5.41) is 0.745. The number of nitrogens with two attached hydrogens (primary N) is 2. The largest absolute Gasteiger partial charge is 0.387 e. The number of aliphatic imine (C=N–C) groups is 1. The molecule has 0 aliphatic carbocycles. The van der Waals surface area contributed by atoms with E-state index >= 15 is 0 Å². The summed E-state index contributed by atoms with van der Waals surface area (Å²) >= 11 is 3.27. The molecule has 7 rings (SSSR count). The lowest BCUT2D eigenvalue weighted by molar-refractivity contribution is -0.142. The fraction of sp³-hybridized carbons (Fsp3) is 0.378. The number of ether oxygens (including phenoxy) is 4. The number of fused-ring (bicyclic) bond motifs is 5. The number of imidazole rings is 2. The minimum absolute atomic E-state index is 0.